The first-order valence-corrected chi connectivity index (χ1v) is 6.71. The predicted molar refractivity (Wildman–Crippen MR) is 54.2 cm³/mol. The van der Waals surface area contributed by atoms with E-state index < -0.39 is 0 Å². The second kappa shape index (κ2) is 2.76. The summed E-state index contributed by atoms with van der Waals surface area (Å²) in [6, 6.07) is 4.38. The number of hydrogen-bond acceptors (Lipinski definition) is 1. The molecule has 0 atom stereocenters. The Balaban J connectivity index is 2.83. The van der Waals surface area contributed by atoms with Gasteiger partial charge in [-0.25, -0.2) is 0 Å². The van der Waals surface area contributed by atoms with E-state index in [4.69, 9.17) is 0 Å². The van der Waals surface area contributed by atoms with Crippen molar-refractivity contribution in [3.63, 3.8) is 0 Å². The fraction of sp³-hybridized carbons (Fsp3) is 0. The van der Waals surface area contributed by atoms with Crippen LogP contribution in [0, 0.1) is 0 Å². The van der Waals surface area contributed by atoms with E-state index in [1.807, 2.05) is 11.3 Å². The van der Waals surface area contributed by atoms with Gasteiger partial charge in [0.1, 0.15) is 0 Å². The fourth-order valence-electron chi connectivity index (χ4n) is 0.779. The van der Waals surface area contributed by atoms with E-state index >= 15 is 0 Å². The number of hydrogen-bond donors (Lipinski definition) is 0. The van der Waals surface area contributed by atoms with Crippen LogP contribution in [0.3, 0.4) is 0 Å². The molecule has 2 aromatic heterocycles. The van der Waals surface area contributed by atoms with Gasteiger partial charge in [0.05, 0.1) is 0 Å². The van der Waals surface area contributed by atoms with E-state index in [2.05, 4.69) is 44.0 Å². The van der Waals surface area contributed by atoms with Crippen LogP contribution in [0.2, 0.25) is 0 Å². The van der Waals surface area contributed by atoms with Gasteiger partial charge in [0.25, 0.3) is 0 Å². The fourth-order valence-corrected chi connectivity index (χ4v) is 7.07. The molecule has 4 heteroatoms. The van der Waals surface area contributed by atoms with Crippen molar-refractivity contribution in [2.75, 3.05) is 0 Å². The van der Waals surface area contributed by atoms with E-state index in [-0.39, 0.29) is 0 Å². The van der Waals surface area contributed by atoms with Gasteiger partial charge in [0.2, 0.25) is 0 Å². The molecule has 52 valence electrons. The summed E-state index contributed by atoms with van der Waals surface area (Å²) in [4.78, 5) is 0. The van der Waals surface area contributed by atoms with Crippen LogP contribution in [-0.2, 0) is 0 Å². The third-order valence-corrected chi connectivity index (χ3v) is 6.17. The third-order valence-electron chi connectivity index (χ3n) is 1.15. The summed E-state index contributed by atoms with van der Waals surface area (Å²) in [6.45, 7) is 0. The van der Waals surface area contributed by atoms with Gasteiger partial charge in [-0.05, 0) is 0 Å². The van der Waals surface area contributed by atoms with Crippen LogP contribution in [-0.4, -0.2) is 14.5 Å². The zero-order valence-electron chi connectivity index (χ0n) is 4.73. The van der Waals surface area contributed by atoms with Gasteiger partial charge in [-0.15, -0.1) is 0 Å². The van der Waals surface area contributed by atoms with E-state index in [9.17, 15) is 0 Å². The maximum absolute atomic E-state index is 3.50. The number of rotatable bonds is 0. The van der Waals surface area contributed by atoms with Crippen molar-refractivity contribution in [1.29, 1.82) is 0 Å². The van der Waals surface area contributed by atoms with E-state index in [0.29, 0.717) is 14.5 Å². The minimum absolute atomic E-state index is 0.548. The van der Waals surface area contributed by atoms with Crippen molar-refractivity contribution >= 4 is 66.7 Å². The Morgan fingerprint density at radius 2 is 2.10 bits per heavy atom. The molecule has 0 aliphatic rings. The zero-order valence-corrected chi connectivity index (χ0v) is 10.4. The SMILES string of the molecule is Brc1cc2cc(Br)[se]c2s1. The molecule has 0 radical (unpaired) electrons. The Kier molecular flexibility index (Phi) is 2.08. The van der Waals surface area contributed by atoms with Gasteiger partial charge in [0, 0.05) is 0 Å². The predicted octanol–water partition coefficient (Wildman–Crippen LogP) is 3.48. The average molecular weight is 345 g/mol. The Labute approximate surface area is 85.2 Å². The van der Waals surface area contributed by atoms with Crippen molar-refractivity contribution < 1.29 is 0 Å². The molecule has 0 fully saturated rings. The summed E-state index contributed by atoms with van der Waals surface area (Å²) < 4.78 is 4.12. The summed E-state index contributed by atoms with van der Waals surface area (Å²) >= 11 is 9.36. The second-order valence-corrected chi connectivity index (χ2v) is 9.10. The molecule has 0 spiro atoms. The van der Waals surface area contributed by atoms with Crippen molar-refractivity contribution in [2.45, 2.75) is 0 Å². The molecule has 0 saturated carbocycles. The van der Waals surface area contributed by atoms with Crippen molar-refractivity contribution in [2.24, 2.45) is 0 Å². The van der Waals surface area contributed by atoms with Gasteiger partial charge in [-0.3, -0.25) is 0 Å². The molecule has 10 heavy (non-hydrogen) atoms. The van der Waals surface area contributed by atoms with Crippen LogP contribution in [0.25, 0.3) is 8.96 Å². The Hall–Kier alpha value is 0.919. The third kappa shape index (κ3) is 1.28. The first-order chi connectivity index (χ1) is 4.75. The molecule has 0 aliphatic carbocycles. The van der Waals surface area contributed by atoms with E-state index in [1.54, 1.807) is 0 Å². The zero-order chi connectivity index (χ0) is 7.14. The molecule has 0 amide bonds. The molecule has 2 rings (SSSR count). The van der Waals surface area contributed by atoms with Crippen molar-refractivity contribution in [1.82, 2.24) is 0 Å². The molecule has 0 nitrogen and oxygen atoms in total. The number of halogens is 2. The summed E-state index contributed by atoms with van der Waals surface area (Å²) in [5, 5.41) is 1.39. The molecular weight excluding hydrogens is 343 g/mol. The molecule has 0 saturated heterocycles. The normalized spacial score (nSPS) is 11.0. The van der Waals surface area contributed by atoms with E-state index in [0.717, 1.165) is 0 Å². The molecule has 0 unspecified atom stereocenters. The molecule has 2 heterocycles. The molecule has 0 aliphatic heterocycles. The number of fused-ring (bicyclic) bond motifs is 1. The van der Waals surface area contributed by atoms with Crippen molar-refractivity contribution in [3.8, 4) is 0 Å². The molecule has 2 aromatic rings. The summed E-state index contributed by atoms with van der Waals surface area (Å²) in [6.07, 6.45) is 0. The topological polar surface area (TPSA) is 0 Å². The molecule has 0 aromatic carbocycles. The maximum atomic E-state index is 3.50. The standard InChI is InChI=1S/C6H2Br2SSe/c7-4-1-3-2-5(8)10-6(3)9-4/h1-2H. The van der Waals surface area contributed by atoms with Crippen LogP contribution >= 0.6 is 43.2 Å². The summed E-state index contributed by atoms with van der Waals surface area (Å²) in [5.74, 6) is 0. The molecule has 0 N–H and O–H groups in total. The summed E-state index contributed by atoms with van der Waals surface area (Å²) in [5.41, 5.74) is 0. The summed E-state index contributed by atoms with van der Waals surface area (Å²) in [7, 11) is 0. The van der Waals surface area contributed by atoms with Crippen LogP contribution in [0.4, 0.5) is 0 Å². The van der Waals surface area contributed by atoms with Gasteiger partial charge in [0.15, 0.2) is 0 Å². The van der Waals surface area contributed by atoms with Gasteiger partial charge in [-0.1, -0.05) is 0 Å². The minimum atomic E-state index is 0.548. The Bertz CT molecular complexity index is 300. The first kappa shape index (κ1) is 7.56. The molecule has 0 bridgehead atoms. The van der Waals surface area contributed by atoms with Gasteiger partial charge in [-0.2, -0.15) is 0 Å². The Morgan fingerprint density at radius 1 is 1.30 bits per heavy atom. The monoisotopic (exact) mass is 344 g/mol. The first-order valence-electron chi connectivity index (χ1n) is 2.60. The van der Waals surface area contributed by atoms with Crippen LogP contribution in [0.5, 0.6) is 0 Å². The Morgan fingerprint density at radius 3 is 2.80 bits per heavy atom. The second-order valence-electron chi connectivity index (χ2n) is 1.84. The van der Waals surface area contributed by atoms with Crippen LogP contribution in [0.15, 0.2) is 19.3 Å². The van der Waals surface area contributed by atoms with Crippen molar-refractivity contribution in [3.05, 3.63) is 19.3 Å². The van der Waals surface area contributed by atoms with Crippen LogP contribution in [0.1, 0.15) is 0 Å². The van der Waals surface area contributed by atoms with Crippen LogP contribution < -0.4 is 0 Å². The molecular formula is C6H2Br2SSe. The quantitative estimate of drug-likeness (QED) is 0.642. The van der Waals surface area contributed by atoms with Gasteiger partial charge >= 0.3 is 85.9 Å². The van der Waals surface area contributed by atoms with E-state index in [1.165, 1.54) is 16.1 Å². The average Bonchev–Trinajstić information content (AvgIpc) is 2.21. The van der Waals surface area contributed by atoms with Gasteiger partial charge < -0.3 is 0 Å². The number of thiophene rings is 1.